The summed E-state index contributed by atoms with van der Waals surface area (Å²) in [6.45, 7) is 7.35. The second-order valence-electron chi connectivity index (χ2n) is 6.39. The summed E-state index contributed by atoms with van der Waals surface area (Å²) in [6, 6.07) is 3.98. The standard InChI is InChI=1S/C14H16BF3N2O2/c1-12(2)13(3,4)22-15(21-12)20-11-9(8-19-20)6-5-7-10(11)14(16,17)18/h5-8H,1-4H3. The highest BCUT2D eigenvalue weighted by Gasteiger charge is 2.54. The van der Waals surface area contributed by atoms with Crippen molar-refractivity contribution in [1.82, 2.24) is 9.69 Å². The van der Waals surface area contributed by atoms with Gasteiger partial charge in [0, 0.05) is 5.39 Å². The second kappa shape index (κ2) is 4.49. The van der Waals surface area contributed by atoms with Gasteiger partial charge in [-0.3, -0.25) is 4.59 Å². The molecule has 0 unspecified atom stereocenters. The van der Waals surface area contributed by atoms with Crippen LogP contribution in [-0.4, -0.2) is 28.1 Å². The number of fused-ring (bicyclic) bond motifs is 1. The van der Waals surface area contributed by atoms with Crippen molar-refractivity contribution in [2.45, 2.75) is 45.1 Å². The van der Waals surface area contributed by atoms with Gasteiger partial charge in [-0.1, -0.05) is 12.1 Å². The fraction of sp³-hybridized carbons (Fsp3) is 0.500. The lowest BCUT2D eigenvalue weighted by molar-refractivity contribution is -0.136. The molecule has 118 valence electrons. The molecule has 0 radical (unpaired) electrons. The Balaban J connectivity index is 2.14. The van der Waals surface area contributed by atoms with Crippen LogP contribution >= 0.6 is 0 Å². The molecule has 0 aliphatic carbocycles. The molecule has 1 fully saturated rings. The zero-order valence-corrected chi connectivity index (χ0v) is 12.7. The predicted molar refractivity (Wildman–Crippen MR) is 76.2 cm³/mol. The number of benzene rings is 1. The Morgan fingerprint density at radius 3 is 2.23 bits per heavy atom. The number of aromatic nitrogens is 2. The number of hydrogen-bond acceptors (Lipinski definition) is 3. The Hall–Kier alpha value is -1.54. The van der Waals surface area contributed by atoms with Gasteiger partial charge in [-0.15, -0.1) is 0 Å². The van der Waals surface area contributed by atoms with Gasteiger partial charge in [-0.05, 0) is 33.8 Å². The van der Waals surface area contributed by atoms with Gasteiger partial charge in [0.15, 0.2) is 0 Å². The van der Waals surface area contributed by atoms with E-state index < -0.39 is 30.2 Å². The number of rotatable bonds is 1. The maximum Gasteiger partial charge on any atom is 0.616 e. The first kappa shape index (κ1) is 15.4. The molecule has 0 amide bonds. The van der Waals surface area contributed by atoms with Crippen molar-refractivity contribution < 1.29 is 22.5 Å². The summed E-state index contributed by atoms with van der Waals surface area (Å²) in [5.74, 6) is 0. The van der Waals surface area contributed by atoms with E-state index in [1.807, 2.05) is 27.7 Å². The number of alkyl halides is 3. The Bertz CT molecular complexity index is 708. The van der Waals surface area contributed by atoms with Gasteiger partial charge < -0.3 is 9.31 Å². The molecule has 1 aliphatic rings. The first-order chi connectivity index (χ1) is 10.0. The molecular formula is C14H16BF3N2O2. The molecule has 0 atom stereocenters. The lowest BCUT2D eigenvalue weighted by atomic mass is 9.90. The first-order valence-electron chi connectivity index (χ1n) is 6.92. The summed E-state index contributed by atoms with van der Waals surface area (Å²) in [5, 5.41) is 4.44. The number of nitrogens with zero attached hydrogens (tertiary/aromatic N) is 2. The van der Waals surface area contributed by atoms with E-state index in [1.165, 1.54) is 12.3 Å². The lowest BCUT2D eigenvalue weighted by Crippen LogP contribution is -2.41. The Labute approximate surface area is 126 Å². The van der Waals surface area contributed by atoms with Crippen LogP contribution in [0.1, 0.15) is 33.3 Å². The minimum absolute atomic E-state index is 0.0338. The van der Waals surface area contributed by atoms with Gasteiger partial charge in [0.05, 0.1) is 28.5 Å². The van der Waals surface area contributed by atoms with E-state index in [4.69, 9.17) is 9.31 Å². The second-order valence-corrected chi connectivity index (χ2v) is 6.39. The normalized spacial score (nSPS) is 20.8. The summed E-state index contributed by atoms with van der Waals surface area (Å²) in [6.07, 6.45) is -3.09. The van der Waals surface area contributed by atoms with E-state index in [9.17, 15) is 13.2 Å². The molecule has 4 nitrogen and oxygen atoms in total. The molecule has 0 bridgehead atoms. The van der Waals surface area contributed by atoms with Crippen molar-refractivity contribution in [1.29, 1.82) is 0 Å². The third kappa shape index (κ3) is 2.21. The average Bonchev–Trinajstić information content (AvgIpc) is 2.87. The lowest BCUT2D eigenvalue weighted by Gasteiger charge is -2.32. The molecule has 1 aromatic carbocycles. The van der Waals surface area contributed by atoms with E-state index in [-0.39, 0.29) is 5.52 Å². The predicted octanol–water partition coefficient (Wildman–Crippen LogP) is 3.49. The van der Waals surface area contributed by atoms with Gasteiger partial charge >= 0.3 is 13.4 Å². The molecule has 3 rings (SSSR count). The smallest absolute Gasteiger partial charge is 0.383 e. The minimum Gasteiger partial charge on any atom is -0.383 e. The van der Waals surface area contributed by atoms with Gasteiger partial charge in [0.2, 0.25) is 0 Å². The zero-order chi connectivity index (χ0) is 16.3. The van der Waals surface area contributed by atoms with E-state index >= 15 is 0 Å². The van der Waals surface area contributed by atoms with Crippen LogP contribution in [0, 0.1) is 0 Å². The van der Waals surface area contributed by atoms with Crippen molar-refractivity contribution in [3.63, 3.8) is 0 Å². The maximum absolute atomic E-state index is 13.2. The molecule has 0 spiro atoms. The minimum atomic E-state index is -4.47. The summed E-state index contributed by atoms with van der Waals surface area (Å²) < 4.78 is 52.5. The Morgan fingerprint density at radius 2 is 1.68 bits per heavy atom. The van der Waals surface area contributed by atoms with E-state index in [1.54, 1.807) is 6.07 Å². The van der Waals surface area contributed by atoms with Crippen LogP contribution in [0.25, 0.3) is 10.9 Å². The monoisotopic (exact) mass is 312 g/mol. The van der Waals surface area contributed by atoms with Gasteiger partial charge in [-0.25, -0.2) is 0 Å². The molecule has 0 saturated carbocycles. The molecule has 2 aromatic rings. The van der Waals surface area contributed by atoms with Crippen molar-refractivity contribution in [3.05, 3.63) is 30.0 Å². The summed E-state index contributed by atoms with van der Waals surface area (Å²) in [4.78, 5) is 0. The highest BCUT2D eigenvalue weighted by molar-refractivity contribution is 6.44. The third-order valence-electron chi connectivity index (χ3n) is 4.36. The third-order valence-corrected chi connectivity index (χ3v) is 4.36. The maximum atomic E-state index is 13.2. The topological polar surface area (TPSA) is 36.3 Å². The zero-order valence-electron chi connectivity index (χ0n) is 12.7. The van der Waals surface area contributed by atoms with Crippen molar-refractivity contribution in [2.24, 2.45) is 0 Å². The Kier molecular flexibility index (Phi) is 3.13. The molecule has 1 aliphatic heterocycles. The van der Waals surface area contributed by atoms with E-state index in [0.717, 1.165) is 10.7 Å². The van der Waals surface area contributed by atoms with Crippen LogP contribution in [0.5, 0.6) is 0 Å². The fourth-order valence-electron chi connectivity index (χ4n) is 2.40. The van der Waals surface area contributed by atoms with Crippen LogP contribution in [0.15, 0.2) is 24.4 Å². The van der Waals surface area contributed by atoms with Gasteiger partial charge in [-0.2, -0.15) is 18.3 Å². The molecule has 2 heterocycles. The number of para-hydroxylation sites is 1. The van der Waals surface area contributed by atoms with Crippen LogP contribution in [0.2, 0.25) is 0 Å². The molecule has 1 saturated heterocycles. The van der Waals surface area contributed by atoms with E-state index in [2.05, 4.69) is 5.10 Å². The molecule has 0 N–H and O–H groups in total. The average molecular weight is 312 g/mol. The summed E-state index contributed by atoms with van der Waals surface area (Å²) in [7, 11) is -0.994. The van der Waals surface area contributed by atoms with Crippen molar-refractivity contribution >= 4 is 18.2 Å². The van der Waals surface area contributed by atoms with Crippen molar-refractivity contribution in [2.75, 3.05) is 0 Å². The summed E-state index contributed by atoms with van der Waals surface area (Å²) >= 11 is 0. The first-order valence-corrected chi connectivity index (χ1v) is 6.92. The molecule has 22 heavy (non-hydrogen) atoms. The summed E-state index contributed by atoms with van der Waals surface area (Å²) in [5.41, 5.74) is -2.09. The van der Waals surface area contributed by atoms with Crippen LogP contribution in [-0.2, 0) is 15.5 Å². The molecular weight excluding hydrogens is 296 g/mol. The highest BCUT2D eigenvalue weighted by Crippen LogP contribution is 2.39. The van der Waals surface area contributed by atoms with Crippen LogP contribution in [0.4, 0.5) is 13.2 Å². The van der Waals surface area contributed by atoms with Crippen molar-refractivity contribution in [3.8, 4) is 0 Å². The Morgan fingerprint density at radius 1 is 1.09 bits per heavy atom. The molecule has 8 heteroatoms. The number of hydrogen-bond donors (Lipinski definition) is 0. The quantitative estimate of drug-likeness (QED) is 0.756. The fourth-order valence-corrected chi connectivity index (χ4v) is 2.40. The molecule has 1 aromatic heterocycles. The largest absolute Gasteiger partial charge is 0.616 e. The van der Waals surface area contributed by atoms with E-state index in [0.29, 0.717) is 5.39 Å². The van der Waals surface area contributed by atoms with Crippen LogP contribution in [0.3, 0.4) is 0 Å². The van der Waals surface area contributed by atoms with Gasteiger partial charge in [0.25, 0.3) is 0 Å². The van der Waals surface area contributed by atoms with Gasteiger partial charge in [0.1, 0.15) is 0 Å². The SMILES string of the molecule is CC1(C)OB(n2ncc3cccc(C(F)(F)F)c32)OC1(C)C. The number of halogens is 3. The van der Waals surface area contributed by atoms with Crippen LogP contribution < -0.4 is 0 Å². The highest BCUT2D eigenvalue weighted by atomic mass is 19.4.